The Kier molecular flexibility index (Phi) is 2.31. The third-order valence-corrected chi connectivity index (χ3v) is 2.28. The Morgan fingerprint density at radius 1 is 1.29 bits per heavy atom. The van der Waals surface area contributed by atoms with E-state index < -0.39 is 0 Å². The molecule has 0 aliphatic rings. The van der Waals surface area contributed by atoms with Gasteiger partial charge in [-0.1, -0.05) is 23.2 Å². The van der Waals surface area contributed by atoms with Gasteiger partial charge in [0.15, 0.2) is 5.82 Å². The summed E-state index contributed by atoms with van der Waals surface area (Å²) < 4.78 is 1.52. The normalized spacial score (nSPS) is 10.4. The number of anilines is 1. The molecular formula is C8H6Cl2N4. The summed E-state index contributed by atoms with van der Waals surface area (Å²) in [6, 6.07) is 1.73. The van der Waals surface area contributed by atoms with Gasteiger partial charge in [-0.3, -0.25) is 4.98 Å². The Balaban J connectivity index is 2.55. The third kappa shape index (κ3) is 1.54. The van der Waals surface area contributed by atoms with Gasteiger partial charge in [0.2, 0.25) is 0 Å². The molecule has 0 amide bonds. The van der Waals surface area contributed by atoms with Crippen LogP contribution in [0.2, 0.25) is 10.0 Å². The molecule has 6 heteroatoms. The van der Waals surface area contributed by atoms with Gasteiger partial charge in [-0.15, -0.1) is 5.10 Å². The van der Waals surface area contributed by atoms with Gasteiger partial charge in [0.1, 0.15) is 5.02 Å². The maximum atomic E-state index is 5.91. The van der Waals surface area contributed by atoms with Crippen molar-refractivity contribution < 1.29 is 0 Å². The van der Waals surface area contributed by atoms with E-state index in [0.29, 0.717) is 15.7 Å². The average Bonchev–Trinajstić information content (AvgIpc) is 2.48. The molecule has 0 saturated heterocycles. The van der Waals surface area contributed by atoms with Crippen LogP contribution in [-0.2, 0) is 0 Å². The van der Waals surface area contributed by atoms with Crippen molar-refractivity contribution in [1.82, 2.24) is 14.8 Å². The highest BCUT2D eigenvalue weighted by Gasteiger charge is 2.07. The van der Waals surface area contributed by atoms with Crippen molar-refractivity contribution >= 4 is 29.0 Å². The van der Waals surface area contributed by atoms with Gasteiger partial charge in [-0.25, -0.2) is 4.68 Å². The molecule has 2 N–H and O–H groups in total. The highest BCUT2D eigenvalue weighted by molar-refractivity contribution is 6.33. The molecule has 0 aliphatic heterocycles. The zero-order valence-electron chi connectivity index (χ0n) is 6.98. The molecule has 0 spiro atoms. The van der Waals surface area contributed by atoms with Crippen LogP contribution in [0, 0.1) is 0 Å². The number of pyridine rings is 1. The molecule has 14 heavy (non-hydrogen) atoms. The highest BCUT2D eigenvalue weighted by Crippen LogP contribution is 2.22. The number of nitrogens with zero attached hydrogens (tertiary/aromatic N) is 3. The van der Waals surface area contributed by atoms with Crippen molar-refractivity contribution in [1.29, 1.82) is 0 Å². The van der Waals surface area contributed by atoms with E-state index in [9.17, 15) is 0 Å². The minimum absolute atomic E-state index is 0.277. The Bertz CT molecular complexity index is 447. The molecule has 2 aromatic rings. The van der Waals surface area contributed by atoms with Crippen molar-refractivity contribution in [3.8, 4) is 5.69 Å². The van der Waals surface area contributed by atoms with Gasteiger partial charge in [0.05, 0.1) is 16.9 Å². The SMILES string of the molecule is Nc1nn(-c2ccncc2Cl)cc1Cl. The number of aromatic nitrogens is 3. The molecule has 0 aromatic carbocycles. The fraction of sp³-hybridized carbons (Fsp3) is 0. The summed E-state index contributed by atoms with van der Waals surface area (Å²) >= 11 is 11.7. The van der Waals surface area contributed by atoms with Crippen LogP contribution in [0.5, 0.6) is 0 Å². The molecule has 0 fully saturated rings. The molecular weight excluding hydrogens is 223 g/mol. The van der Waals surface area contributed by atoms with E-state index in [-0.39, 0.29) is 5.82 Å². The lowest BCUT2D eigenvalue weighted by Gasteiger charge is -2.01. The first-order valence-corrected chi connectivity index (χ1v) is 4.54. The summed E-state index contributed by atoms with van der Waals surface area (Å²) in [5.41, 5.74) is 6.20. The molecule has 0 saturated carbocycles. The number of nitrogen functional groups attached to an aromatic ring is 1. The largest absolute Gasteiger partial charge is 0.381 e. The van der Waals surface area contributed by atoms with Crippen LogP contribution in [0.25, 0.3) is 5.69 Å². The zero-order valence-corrected chi connectivity index (χ0v) is 8.50. The standard InChI is InChI=1S/C8H6Cl2N4/c9-5-3-12-2-1-7(5)14-4-6(10)8(11)13-14/h1-4H,(H2,11,13). The van der Waals surface area contributed by atoms with E-state index in [1.165, 1.54) is 10.9 Å². The Hall–Kier alpha value is -1.26. The highest BCUT2D eigenvalue weighted by atomic mass is 35.5. The summed E-state index contributed by atoms with van der Waals surface area (Å²) in [4.78, 5) is 3.86. The summed E-state index contributed by atoms with van der Waals surface area (Å²) in [7, 11) is 0. The quantitative estimate of drug-likeness (QED) is 0.814. The van der Waals surface area contributed by atoms with Gasteiger partial charge in [0.25, 0.3) is 0 Å². The molecule has 0 radical (unpaired) electrons. The van der Waals surface area contributed by atoms with Gasteiger partial charge in [0, 0.05) is 12.4 Å². The summed E-state index contributed by atoms with van der Waals surface area (Å²) in [6.07, 6.45) is 4.74. The Labute approximate surface area is 90.3 Å². The smallest absolute Gasteiger partial charge is 0.164 e. The summed E-state index contributed by atoms with van der Waals surface area (Å²) in [5.74, 6) is 0.277. The van der Waals surface area contributed by atoms with Gasteiger partial charge in [-0.2, -0.15) is 0 Å². The predicted molar refractivity (Wildman–Crippen MR) is 55.8 cm³/mol. The van der Waals surface area contributed by atoms with Gasteiger partial charge in [-0.05, 0) is 6.07 Å². The zero-order chi connectivity index (χ0) is 10.1. The summed E-state index contributed by atoms with van der Waals surface area (Å²) in [6.45, 7) is 0. The second kappa shape index (κ2) is 3.48. The number of rotatable bonds is 1. The van der Waals surface area contributed by atoms with E-state index in [2.05, 4.69) is 10.1 Å². The molecule has 72 valence electrons. The van der Waals surface area contributed by atoms with E-state index in [0.717, 1.165) is 0 Å². The number of halogens is 2. The van der Waals surface area contributed by atoms with E-state index in [1.54, 1.807) is 18.5 Å². The average molecular weight is 229 g/mol. The maximum Gasteiger partial charge on any atom is 0.164 e. The summed E-state index contributed by atoms with van der Waals surface area (Å²) in [5, 5.41) is 4.88. The second-order valence-corrected chi connectivity index (χ2v) is 3.45. The van der Waals surface area contributed by atoms with Crippen LogP contribution in [0.1, 0.15) is 0 Å². The first-order valence-electron chi connectivity index (χ1n) is 3.79. The Morgan fingerprint density at radius 2 is 2.07 bits per heavy atom. The molecule has 0 bridgehead atoms. The number of hydrogen-bond donors (Lipinski definition) is 1. The van der Waals surface area contributed by atoms with Crippen molar-refractivity contribution in [3.05, 3.63) is 34.7 Å². The van der Waals surface area contributed by atoms with E-state index >= 15 is 0 Å². The van der Waals surface area contributed by atoms with Crippen LogP contribution in [-0.4, -0.2) is 14.8 Å². The first-order chi connectivity index (χ1) is 6.68. The Morgan fingerprint density at radius 3 is 2.64 bits per heavy atom. The fourth-order valence-corrected chi connectivity index (χ4v) is 1.38. The van der Waals surface area contributed by atoms with E-state index in [4.69, 9.17) is 28.9 Å². The third-order valence-electron chi connectivity index (χ3n) is 1.69. The minimum atomic E-state index is 0.277. The minimum Gasteiger partial charge on any atom is -0.381 e. The molecule has 0 aliphatic carbocycles. The molecule has 2 aromatic heterocycles. The van der Waals surface area contributed by atoms with Crippen LogP contribution < -0.4 is 5.73 Å². The van der Waals surface area contributed by atoms with Crippen molar-refractivity contribution in [3.63, 3.8) is 0 Å². The molecule has 2 rings (SSSR count). The van der Waals surface area contributed by atoms with Crippen LogP contribution in [0.15, 0.2) is 24.7 Å². The molecule has 0 unspecified atom stereocenters. The lowest BCUT2D eigenvalue weighted by Crippen LogP contribution is -1.97. The molecule has 2 heterocycles. The van der Waals surface area contributed by atoms with Crippen LogP contribution in [0.3, 0.4) is 0 Å². The molecule has 0 atom stereocenters. The van der Waals surface area contributed by atoms with Gasteiger partial charge < -0.3 is 5.73 Å². The van der Waals surface area contributed by atoms with Crippen LogP contribution in [0.4, 0.5) is 5.82 Å². The maximum absolute atomic E-state index is 5.91. The lowest BCUT2D eigenvalue weighted by molar-refractivity contribution is 0.883. The fourth-order valence-electron chi connectivity index (χ4n) is 1.04. The second-order valence-electron chi connectivity index (χ2n) is 2.63. The topological polar surface area (TPSA) is 56.7 Å². The van der Waals surface area contributed by atoms with Crippen molar-refractivity contribution in [2.75, 3.05) is 5.73 Å². The van der Waals surface area contributed by atoms with Gasteiger partial charge >= 0.3 is 0 Å². The number of nitrogens with two attached hydrogens (primary N) is 1. The number of hydrogen-bond acceptors (Lipinski definition) is 3. The predicted octanol–water partition coefficient (Wildman–Crippen LogP) is 2.16. The lowest BCUT2D eigenvalue weighted by atomic mass is 10.4. The van der Waals surface area contributed by atoms with Crippen molar-refractivity contribution in [2.24, 2.45) is 0 Å². The van der Waals surface area contributed by atoms with Crippen molar-refractivity contribution in [2.45, 2.75) is 0 Å². The molecule has 4 nitrogen and oxygen atoms in total. The monoisotopic (exact) mass is 228 g/mol. The first kappa shape index (κ1) is 9.30. The van der Waals surface area contributed by atoms with Crippen LogP contribution >= 0.6 is 23.2 Å². The van der Waals surface area contributed by atoms with E-state index in [1.807, 2.05) is 0 Å².